The summed E-state index contributed by atoms with van der Waals surface area (Å²) in [5.74, 6) is 0.166. The van der Waals surface area contributed by atoms with Crippen LogP contribution in [0.3, 0.4) is 0 Å². The lowest BCUT2D eigenvalue weighted by molar-refractivity contribution is 0.0949. The summed E-state index contributed by atoms with van der Waals surface area (Å²) in [6.45, 7) is 0. The molecule has 2 rings (SSSR count). The zero-order valence-corrected chi connectivity index (χ0v) is 9.74. The van der Waals surface area contributed by atoms with E-state index in [2.05, 4.69) is 20.7 Å². The Morgan fingerprint density at radius 2 is 2.32 bits per heavy atom. The van der Waals surface area contributed by atoms with Crippen LogP contribution in [-0.2, 0) is 0 Å². The van der Waals surface area contributed by atoms with E-state index in [9.17, 15) is 9.59 Å². The van der Waals surface area contributed by atoms with E-state index in [0.29, 0.717) is 5.76 Å². The third-order valence-corrected chi connectivity index (χ3v) is 2.04. The van der Waals surface area contributed by atoms with Crippen LogP contribution in [0.5, 0.6) is 0 Å². The standard InChI is InChI=1S/C12H10N4O3/c17-11-6-5-10(14-15-11)12(18)16-13-7-1-3-9-4-2-8-19-9/h1-8H,(H,15,17)(H,16,18). The minimum absolute atomic E-state index is 0.0757. The molecule has 0 unspecified atom stereocenters. The second-order valence-corrected chi connectivity index (χ2v) is 3.40. The van der Waals surface area contributed by atoms with Crippen molar-refractivity contribution in [2.75, 3.05) is 0 Å². The number of carbonyl (C=O) groups excluding carboxylic acids is 1. The fourth-order valence-corrected chi connectivity index (χ4v) is 1.19. The molecule has 2 heterocycles. The molecule has 0 radical (unpaired) electrons. The fourth-order valence-electron chi connectivity index (χ4n) is 1.19. The Labute approximate surface area is 107 Å². The van der Waals surface area contributed by atoms with Gasteiger partial charge in [-0.15, -0.1) is 0 Å². The van der Waals surface area contributed by atoms with Crippen LogP contribution in [0.4, 0.5) is 0 Å². The van der Waals surface area contributed by atoms with E-state index in [1.807, 2.05) is 0 Å². The summed E-state index contributed by atoms with van der Waals surface area (Å²) < 4.78 is 5.06. The van der Waals surface area contributed by atoms with E-state index in [0.717, 1.165) is 0 Å². The molecule has 0 atom stereocenters. The molecule has 2 aromatic heterocycles. The Morgan fingerprint density at radius 1 is 1.42 bits per heavy atom. The number of H-pyrrole nitrogens is 1. The summed E-state index contributed by atoms with van der Waals surface area (Å²) >= 11 is 0. The first kappa shape index (κ1) is 12.5. The molecule has 0 aliphatic rings. The third-order valence-electron chi connectivity index (χ3n) is 2.04. The first-order valence-corrected chi connectivity index (χ1v) is 5.35. The van der Waals surface area contributed by atoms with Gasteiger partial charge in [-0.05, 0) is 30.4 Å². The zero-order valence-electron chi connectivity index (χ0n) is 9.74. The predicted octanol–water partition coefficient (Wildman–Crippen LogP) is 0.792. The van der Waals surface area contributed by atoms with Gasteiger partial charge in [-0.3, -0.25) is 9.59 Å². The van der Waals surface area contributed by atoms with E-state index in [4.69, 9.17) is 4.42 Å². The highest BCUT2D eigenvalue weighted by atomic mass is 16.3. The maximum absolute atomic E-state index is 11.5. The smallest absolute Gasteiger partial charge is 0.291 e. The van der Waals surface area contributed by atoms with Crippen LogP contribution < -0.4 is 11.0 Å². The van der Waals surface area contributed by atoms with Gasteiger partial charge >= 0.3 is 0 Å². The number of aromatic amines is 1. The number of furan rings is 1. The molecule has 0 spiro atoms. The summed E-state index contributed by atoms with van der Waals surface area (Å²) in [7, 11) is 0. The zero-order chi connectivity index (χ0) is 13.5. The monoisotopic (exact) mass is 258 g/mol. The number of allylic oxidation sites excluding steroid dienone is 1. The van der Waals surface area contributed by atoms with E-state index in [1.165, 1.54) is 18.3 Å². The van der Waals surface area contributed by atoms with Crippen molar-refractivity contribution in [3.63, 3.8) is 0 Å². The number of hydrogen-bond donors (Lipinski definition) is 2. The average molecular weight is 258 g/mol. The second kappa shape index (κ2) is 6.10. The molecule has 0 saturated heterocycles. The van der Waals surface area contributed by atoms with Crippen LogP contribution >= 0.6 is 0 Å². The Hall–Kier alpha value is -2.96. The van der Waals surface area contributed by atoms with E-state index >= 15 is 0 Å². The number of aromatic nitrogens is 2. The molecule has 0 aliphatic heterocycles. The maximum atomic E-state index is 11.5. The van der Waals surface area contributed by atoms with Crippen LogP contribution in [-0.4, -0.2) is 22.3 Å². The first-order valence-electron chi connectivity index (χ1n) is 5.35. The highest BCUT2D eigenvalue weighted by Gasteiger charge is 2.04. The van der Waals surface area contributed by atoms with Gasteiger partial charge in [-0.2, -0.15) is 10.2 Å². The number of carbonyl (C=O) groups is 1. The van der Waals surface area contributed by atoms with Gasteiger partial charge in [-0.25, -0.2) is 10.5 Å². The quantitative estimate of drug-likeness (QED) is 0.625. The normalized spacial score (nSPS) is 11.2. The fraction of sp³-hybridized carbons (Fsp3) is 0. The minimum atomic E-state index is -0.515. The molecule has 0 fully saturated rings. The Balaban J connectivity index is 1.86. The molecule has 7 nitrogen and oxygen atoms in total. The molecule has 0 bridgehead atoms. The number of amides is 1. The molecule has 0 aliphatic carbocycles. The lowest BCUT2D eigenvalue weighted by Gasteiger charge is -1.95. The number of nitrogens with zero attached hydrogens (tertiary/aromatic N) is 2. The molecule has 2 aromatic rings. The Morgan fingerprint density at radius 3 is 3.00 bits per heavy atom. The number of hydrogen-bond acceptors (Lipinski definition) is 5. The van der Waals surface area contributed by atoms with Crippen molar-refractivity contribution in [1.82, 2.24) is 15.6 Å². The average Bonchev–Trinajstić information content (AvgIpc) is 2.92. The van der Waals surface area contributed by atoms with Crippen molar-refractivity contribution in [3.8, 4) is 0 Å². The lowest BCUT2D eigenvalue weighted by Crippen LogP contribution is -2.21. The first-order chi connectivity index (χ1) is 9.25. The van der Waals surface area contributed by atoms with Gasteiger partial charge < -0.3 is 4.42 Å². The molecular formula is C12H10N4O3. The number of nitrogens with one attached hydrogen (secondary N) is 2. The largest absolute Gasteiger partial charge is 0.465 e. The molecule has 0 aromatic carbocycles. The van der Waals surface area contributed by atoms with Crippen LogP contribution in [0.1, 0.15) is 16.2 Å². The van der Waals surface area contributed by atoms with Crippen molar-refractivity contribution >= 4 is 18.2 Å². The van der Waals surface area contributed by atoms with Gasteiger partial charge in [0.1, 0.15) is 5.76 Å². The third kappa shape index (κ3) is 3.77. The molecule has 96 valence electrons. The molecule has 2 N–H and O–H groups in total. The van der Waals surface area contributed by atoms with E-state index in [1.54, 1.807) is 30.5 Å². The molecule has 1 amide bonds. The highest BCUT2D eigenvalue weighted by molar-refractivity contribution is 5.92. The molecular weight excluding hydrogens is 248 g/mol. The summed E-state index contributed by atoms with van der Waals surface area (Å²) in [5, 5.41) is 9.40. The highest BCUT2D eigenvalue weighted by Crippen LogP contribution is 2.00. The predicted molar refractivity (Wildman–Crippen MR) is 68.6 cm³/mol. The van der Waals surface area contributed by atoms with Crippen LogP contribution in [0.15, 0.2) is 50.9 Å². The van der Waals surface area contributed by atoms with Crippen molar-refractivity contribution in [1.29, 1.82) is 0 Å². The number of hydrazone groups is 1. The molecule has 7 heteroatoms. The summed E-state index contributed by atoms with van der Waals surface area (Å²) in [6, 6.07) is 6.07. The summed E-state index contributed by atoms with van der Waals surface area (Å²) in [4.78, 5) is 22.3. The van der Waals surface area contributed by atoms with Crippen molar-refractivity contribution in [3.05, 3.63) is 58.4 Å². The van der Waals surface area contributed by atoms with Gasteiger partial charge in [0.05, 0.1) is 6.26 Å². The van der Waals surface area contributed by atoms with Crippen molar-refractivity contribution in [2.45, 2.75) is 0 Å². The van der Waals surface area contributed by atoms with Gasteiger partial charge in [0, 0.05) is 12.3 Å². The minimum Gasteiger partial charge on any atom is -0.465 e. The van der Waals surface area contributed by atoms with E-state index in [-0.39, 0.29) is 11.3 Å². The Kier molecular flexibility index (Phi) is 4.01. The lowest BCUT2D eigenvalue weighted by atomic mass is 10.4. The van der Waals surface area contributed by atoms with Crippen LogP contribution in [0.25, 0.3) is 6.08 Å². The second-order valence-electron chi connectivity index (χ2n) is 3.40. The molecule has 19 heavy (non-hydrogen) atoms. The summed E-state index contributed by atoms with van der Waals surface area (Å²) in [6.07, 6.45) is 6.25. The van der Waals surface area contributed by atoms with Crippen molar-refractivity contribution in [2.24, 2.45) is 5.10 Å². The van der Waals surface area contributed by atoms with E-state index < -0.39 is 5.91 Å². The maximum Gasteiger partial charge on any atom is 0.291 e. The number of rotatable bonds is 4. The van der Waals surface area contributed by atoms with Crippen LogP contribution in [0.2, 0.25) is 0 Å². The van der Waals surface area contributed by atoms with Gasteiger partial charge in [0.15, 0.2) is 5.69 Å². The van der Waals surface area contributed by atoms with Gasteiger partial charge in [0.25, 0.3) is 11.5 Å². The van der Waals surface area contributed by atoms with Gasteiger partial charge in [-0.1, -0.05) is 0 Å². The van der Waals surface area contributed by atoms with Gasteiger partial charge in [0.2, 0.25) is 0 Å². The summed E-state index contributed by atoms with van der Waals surface area (Å²) in [5.41, 5.74) is 1.96. The van der Waals surface area contributed by atoms with Crippen LogP contribution in [0, 0.1) is 0 Å². The molecule has 0 saturated carbocycles. The van der Waals surface area contributed by atoms with Crippen molar-refractivity contribution < 1.29 is 9.21 Å². The SMILES string of the molecule is O=C(NN=CC=Cc1ccco1)c1ccc(=O)[nH]n1. The topological polar surface area (TPSA) is 100 Å². The Bertz CT molecular complexity index is 635.